The molecule has 3 N–H and O–H groups in total. The molecule has 0 unspecified atom stereocenters. The lowest BCUT2D eigenvalue weighted by Gasteiger charge is -2.26. The summed E-state index contributed by atoms with van der Waals surface area (Å²) < 4.78 is 62.0. The highest BCUT2D eigenvalue weighted by Crippen LogP contribution is 2.44. The van der Waals surface area contributed by atoms with Gasteiger partial charge < -0.3 is 10.8 Å². The molecule has 0 saturated heterocycles. The fourth-order valence-electron chi connectivity index (χ4n) is 1.10. The Balaban J connectivity index is 0.00000289. The first-order valence-electron chi connectivity index (χ1n) is 4.26. The van der Waals surface area contributed by atoms with Crippen molar-refractivity contribution >= 4 is 28.3 Å². The van der Waals surface area contributed by atoms with Crippen molar-refractivity contribution in [1.82, 2.24) is 0 Å². The van der Waals surface area contributed by atoms with E-state index in [1.807, 2.05) is 0 Å². The first-order chi connectivity index (χ1) is 7.57. The van der Waals surface area contributed by atoms with E-state index in [1.165, 1.54) is 0 Å². The first kappa shape index (κ1) is 17.4. The van der Waals surface area contributed by atoms with Gasteiger partial charge in [0.2, 0.25) is 0 Å². The molecule has 9 heteroatoms. The molecule has 1 aromatic carbocycles. The zero-order valence-electron chi connectivity index (χ0n) is 8.51. The van der Waals surface area contributed by atoms with Crippen molar-refractivity contribution in [2.24, 2.45) is 5.73 Å². The van der Waals surface area contributed by atoms with Crippen molar-refractivity contribution in [3.8, 4) is 5.75 Å². The Bertz CT molecular complexity index is 426. The molecule has 0 fully saturated rings. The minimum atomic E-state index is -5.73. The van der Waals surface area contributed by atoms with Crippen LogP contribution in [-0.4, -0.2) is 17.2 Å². The molecule has 104 valence electrons. The van der Waals surface area contributed by atoms with Crippen molar-refractivity contribution in [1.29, 1.82) is 0 Å². The zero-order chi connectivity index (χ0) is 13.4. The molecular weight excluding hydrogens is 348 g/mol. The number of nitrogens with two attached hydrogens (primary N) is 1. The van der Waals surface area contributed by atoms with Crippen LogP contribution >= 0.6 is 28.3 Å². The summed E-state index contributed by atoms with van der Waals surface area (Å²) in [7, 11) is 0. The molecular formula is C9H8BrClF5NO. The van der Waals surface area contributed by atoms with Crippen molar-refractivity contribution < 1.29 is 27.1 Å². The summed E-state index contributed by atoms with van der Waals surface area (Å²) in [4.78, 5) is 0. The molecule has 0 spiro atoms. The number of rotatable bonds is 2. The molecule has 0 radical (unpaired) electrons. The second-order valence-electron chi connectivity index (χ2n) is 3.31. The van der Waals surface area contributed by atoms with Gasteiger partial charge in [0.15, 0.2) is 0 Å². The van der Waals surface area contributed by atoms with Gasteiger partial charge in [-0.1, -0.05) is 6.07 Å². The quantitative estimate of drug-likeness (QED) is 0.792. The van der Waals surface area contributed by atoms with E-state index in [0.29, 0.717) is 0 Å². The van der Waals surface area contributed by atoms with E-state index in [4.69, 9.17) is 10.8 Å². The SMILES string of the molecule is Cl.N[C@@H](c1ccc(O)c(Br)c1)C(F)(F)C(F)(F)F. The summed E-state index contributed by atoms with van der Waals surface area (Å²) in [5.41, 5.74) is 4.47. The van der Waals surface area contributed by atoms with E-state index in [0.717, 1.165) is 18.2 Å². The van der Waals surface area contributed by atoms with E-state index in [-0.39, 0.29) is 22.6 Å². The maximum Gasteiger partial charge on any atom is 0.455 e. The smallest absolute Gasteiger partial charge is 0.455 e. The largest absolute Gasteiger partial charge is 0.507 e. The minimum Gasteiger partial charge on any atom is -0.507 e. The number of benzene rings is 1. The molecule has 0 aliphatic carbocycles. The monoisotopic (exact) mass is 355 g/mol. The number of phenols is 1. The maximum atomic E-state index is 12.9. The van der Waals surface area contributed by atoms with Gasteiger partial charge in [-0.25, -0.2) is 0 Å². The fraction of sp³-hybridized carbons (Fsp3) is 0.333. The summed E-state index contributed by atoms with van der Waals surface area (Å²) in [6.07, 6.45) is -5.73. The van der Waals surface area contributed by atoms with E-state index in [1.54, 1.807) is 0 Å². The molecule has 2 nitrogen and oxygen atoms in total. The summed E-state index contributed by atoms with van der Waals surface area (Å²) >= 11 is 2.80. The van der Waals surface area contributed by atoms with Crippen LogP contribution in [0.5, 0.6) is 5.75 Å². The number of aromatic hydroxyl groups is 1. The number of hydrogen-bond donors (Lipinski definition) is 2. The molecule has 0 heterocycles. The number of alkyl halides is 5. The summed E-state index contributed by atoms with van der Waals surface area (Å²) in [6, 6.07) is 0.273. The van der Waals surface area contributed by atoms with Crippen LogP contribution in [0.2, 0.25) is 0 Å². The third-order valence-electron chi connectivity index (χ3n) is 2.10. The first-order valence-corrected chi connectivity index (χ1v) is 5.05. The Morgan fingerprint density at radius 1 is 1.17 bits per heavy atom. The second-order valence-corrected chi connectivity index (χ2v) is 4.16. The van der Waals surface area contributed by atoms with Gasteiger partial charge in [0.1, 0.15) is 11.8 Å². The number of halogens is 7. The van der Waals surface area contributed by atoms with E-state index in [2.05, 4.69) is 15.9 Å². The van der Waals surface area contributed by atoms with Gasteiger partial charge in [-0.2, -0.15) is 22.0 Å². The van der Waals surface area contributed by atoms with Crippen LogP contribution in [0.1, 0.15) is 11.6 Å². The molecule has 0 saturated carbocycles. The highest BCUT2D eigenvalue weighted by Gasteiger charge is 2.61. The van der Waals surface area contributed by atoms with Gasteiger partial charge in [0.25, 0.3) is 0 Å². The number of hydrogen-bond acceptors (Lipinski definition) is 2. The minimum absolute atomic E-state index is 0. The Hall–Kier alpha value is -0.600. The van der Waals surface area contributed by atoms with E-state index in [9.17, 15) is 22.0 Å². The van der Waals surface area contributed by atoms with Crippen molar-refractivity contribution in [3.05, 3.63) is 28.2 Å². The van der Waals surface area contributed by atoms with Crippen LogP contribution in [0.4, 0.5) is 22.0 Å². The summed E-state index contributed by atoms with van der Waals surface area (Å²) in [5.74, 6) is -5.32. The Labute approximate surface area is 114 Å². The Morgan fingerprint density at radius 3 is 2.06 bits per heavy atom. The van der Waals surface area contributed by atoms with Crippen molar-refractivity contribution in [2.45, 2.75) is 18.1 Å². The molecule has 0 bridgehead atoms. The van der Waals surface area contributed by atoms with Crippen LogP contribution < -0.4 is 5.73 Å². The van der Waals surface area contributed by atoms with Crippen LogP contribution in [0.15, 0.2) is 22.7 Å². The third kappa shape index (κ3) is 3.24. The van der Waals surface area contributed by atoms with Crippen molar-refractivity contribution in [3.63, 3.8) is 0 Å². The Morgan fingerprint density at radius 2 is 1.67 bits per heavy atom. The lowest BCUT2D eigenvalue weighted by molar-refractivity contribution is -0.291. The molecule has 0 aliphatic heterocycles. The average Bonchev–Trinajstić information content (AvgIpc) is 2.19. The normalized spacial score (nSPS) is 13.9. The lowest BCUT2D eigenvalue weighted by atomic mass is 10.0. The standard InChI is InChI=1S/C9H7BrF5NO.ClH/c10-5-3-4(1-2-6(5)17)7(16)8(11,12)9(13,14)15;/h1-3,7,17H,16H2;1H/t7-;/m0./s1. The van der Waals surface area contributed by atoms with Gasteiger partial charge in [-0.05, 0) is 33.6 Å². The fourth-order valence-corrected chi connectivity index (χ4v) is 1.50. The summed E-state index contributed by atoms with van der Waals surface area (Å²) in [6.45, 7) is 0. The van der Waals surface area contributed by atoms with Crippen LogP contribution in [0.25, 0.3) is 0 Å². The highest BCUT2D eigenvalue weighted by molar-refractivity contribution is 9.10. The zero-order valence-corrected chi connectivity index (χ0v) is 10.9. The highest BCUT2D eigenvalue weighted by atomic mass is 79.9. The third-order valence-corrected chi connectivity index (χ3v) is 2.73. The van der Waals surface area contributed by atoms with Gasteiger partial charge in [-0.15, -0.1) is 12.4 Å². The Kier molecular flexibility index (Phi) is 5.39. The lowest BCUT2D eigenvalue weighted by Crippen LogP contribution is -2.45. The van der Waals surface area contributed by atoms with E-state index >= 15 is 0 Å². The molecule has 0 aliphatic rings. The van der Waals surface area contributed by atoms with Crippen LogP contribution in [0.3, 0.4) is 0 Å². The summed E-state index contributed by atoms with van der Waals surface area (Å²) in [5, 5.41) is 9.09. The van der Waals surface area contributed by atoms with Gasteiger partial charge in [-0.3, -0.25) is 0 Å². The maximum absolute atomic E-state index is 12.9. The van der Waals surface area contributed by atoms with E-state index < -0.39 is 23.7 Å². The molecule has 0 amide bonds. The molecule has 1 atom stereocenters. The van der Waals surface area contributed by atoms with Crippen LogP contribution in [0, 0.1) is 0 Å². The van der Waals surface area contributed by atoms with Gasteiger partial charge in [0.05, 0.1) is 4.47 Å². The average molecular weight is 357 g/mol. The predicted molar refractivity (Wildman–Crippen MR) is 61.0 cm³/mol. The molecule has 1 aromatic rings. The molecule has 0 aromatic heterocycles. The van der Waals surface area contributed by atoms with Crippen molar-refractivity contribution in [2.75, 3.05) is 0 Å². The second kappa shape index (κ2) is 5.58. The number of phenolic OH excluding ortho intramolecular Hbond substituents is 1. The van der Waals surface area contributed by atoms with Crippen LogP contribution in [-0.2, 0) is 0 Å². The molecule has 18 heavy (non-hydrogen) atoms. The van der Waals surface area contributed by atoms with Gasteiger partial charge >= 0.3 is 12.1 Å². The topological polar surface area (TPSA) is 46.2 Å². The predicted octanol–water partition coefficient (Wildman–Crippen LogP) is 3.77. The van der Waals surface area contributed by atoms with Gasteiger partial charge in [0, 0.05) is 0 Å². The molecule has 1 rings (SSSR count).